The maximum atomic E-state index is 13.3. The molecule has 1 fully saturated rings. The van der Waals surface area contributed by atoms with Crippen molar-refractivity contribution in [1.82, 2.24) is 19.6 Å². The van der Waals surface area contributed by atoms with Gasteiger partial charge in [-0.25, -0.2) is 17.8 Å². The van der Waals surface area contributed by atoms with E-state index in [2.05, 4.69) is 32.2 Å². The summed E-state index contributed by atoms with van der Waals surface area (Å²) < 4.78 is 41.2. The lowest BCUT2D eigenvalue weighted by molar-refractivity contribution is 0.251. The molecule has 1 heterocycles. The summed E-state index contributed by atoms with van der Waals surface area (Å²) >= 11 is 1.82. The monoisotopic (exact) mass is 544 g/mol. The van der Waals surface area contributed by atoms with Crippen LogP contribution in [0.25, 0.3) is 0 Å². The van der Waals surface area contributed by atoms with E-state index in [4.69, 9.17) is 0 Å². The van der Waals surface area contributed by atoms with Crippen LogP contribution in [-0.4, -0.2) is 60.4 Å². The number of aromatic nitrogens is 2. The lowest BCUT2D eigenvalue weighted by atomic mass is 9.91. The maximum Gasteiger partial charge on any atom is 0.243 e. The second kappa shape index (κ2) is 12.7. The predicted octanol–water partition coefficient (Wildman–Crippen LogP) is 4.99. The summed E-state index contributed by atoms with van der Waals surface area (Å²) in [7, 11) is -1.92. The Morgan fingerprint density at radius 3 is 2.30 bits per heavy atom. The molecule has 0 radical (unpaired) electrons. The van der Waals surface area contributed by atoms with Gasteiger partial charge in [0.25, 0.3) is 0 Å². The standard InChI is InChI=1S/C26H33FN6O2S2/c1-33(23-11-7-20(8-12-23)28-17-18-36-2)37(34,35)24-13-9-22(10-14-24)31-26-29-16-15-25(32-26)30-21-5-3-19(27)4-6-21/h3-6,9-10,13-16,20,23,28H,7-8,11-12,17-18H2,1-2H3,(H2,29,30,31,32)/t20-,23-. The Hall–Kier alpha value is -2.73. The first-order valence-electron chi connectivity index (χ1n) is 12.3. The first-order chi connectivity index (χ1) is 17.8. The minimum atomic E-state index is -3.60. The average molecular weight is 545 g/mol. The molecule has 0 atom stereocenters. The minimum Gasteiger partial charge on any atom is -0.340 e. The molecular formula is C26H33FN6O2S2. The van der Waals surface area contributed by atoms with Crippen molar-refractivity contribution in [3.05, 3.63) is 66.6 Å². The van der Waals surface area contributed by atoms with Crippen molar-refractivity contribution in [2.45, 2.75) is 42.7 Å². The lowest BCUT2D eigenvalue weighted by Gasteiger charge is -2.34. The number of rotatable bonds is 11. The van der Waals surface area contributed by atoms with Crippen LogP contribution in [-0.2, 0) is 10.0 Å². The fourth-order valence-electron chi connectivity index (χ4n) is 4.38. The lowest BCUT2D eigenvalue weighted by Crippen LogP contribution is -2.43. The van der Waals surface area contributed by atoms with Gasteiger partial charge in [0.15, 0.2) is 0 Å². The van der Waals surface area contributed by atoms with Gasteiger partial charge in [-0.05, 0) is 86.5 Å². The highest BCUT2D eigenvalue weighted by Gasteiger charge is 2.31. The van der Waals surface area contributed by atoms with E-state index in [1.807, 2.05) is 11.8 Å². The molecule has 1 aliphatic carbocycles. The van der Waals surface area contributed by atoms with Crippen LogP contribution in [0.15, 0.2) is 65.7 Å². The third-order valence-corrected chi connectivity index (χ3v) is 9.05. The molecule has 11 heteroatoms. The molecule has 1 aromatic heterocycles. The Balaban J connectivity index is 1.35. The maximum absolute atomic E-state index is 13.3. The molecule has 0 unspecified atom stereocenters. The van der Waals surface area contributed by atoms with Crippen LogP contribution >= 0.6 is 11.8 Å². The second-order valence-corrected chi connectivity index (χ2v) is 12.0. The topological polar surface area (TPSA) is 99.3 Å². The highest BCUT2D eigenvalue weighted by atomic mass is 32.2. The molecule has 0 spiro atoms. The van der Waals surface area contributed by atoms with E-state index in [0.29, 0.717) is 29.2 Å². The number of nitrogens with zero attached hydrogens (tertiary/aromatic N) is 3. The molecule has 37 heavy (non-hydrogen) atoms. The summed E-state index contributed by atoms with van der Waals surface area (Å²) in [5.41, 5.74) is 1.36. The summed E-state index contributed by atoms with van der Waals surface area (Å²) in [5, 5.41) is 9.77. The van der Waals surface area contributed by atoms with Gasteiger partial charge in [0.2, 0.25) is 16.0 Å². The van der Waals surface area contributed by atoms with Crippen molar-refractivity contribution in [3.63, 3.8) is 0 Å². The number of sulfonamides is 1. The quantitative estimate of drug-likeness (QED) is 0.291. The predicted molar refractivity (Wildman–Crippen MR) is 149 cm³/mol. The van der Waals surface area contributed by atoms with Crippen molar-refractivity contribution in [1.29, 1.82) is 0 Å². The summed E-state index contributed by atoms with van der Waals surface area (Å²) in [5.74, 6) is 1.67. The van der Waals surface area contributed by atoms with Crippen molar-refractivity contribution in [2.75, 3.05) is 36.2 Å². The molecule has 8 nitrogen and oxygen atoms in total. The molecule has 3 aromatic rings. The summed E-state index contributed by atoms with van der Waals surface area (Å²) in [6.07, 6.45) is 7.37. The third-order valence-electron chi connectivity index (χ3n) is 6.51. The number of halogens is 1. The van der Waals surface area contributed by atoms with Crippen molar-refractivity contribution in [2.24, 2.45) is 0 Å². The van der Waals surface area contributed by atoms with Crippen LogP contribution in [0.2, 0.25) is 0 Å². The van der Waals surface area contributed by atoms with E-state index in [0.717, 1.165) is 38.0 Å². The minimum absolute atomic E-state index is 0.00569. The molecule has 0 amide bonds. The first-order valence-corrected chi connectivity index (χ1v) is 15.1. The molecule has 0 aliphatic heterocycles. The Morgan fingerprint density at radius 1 is 0.973 bits per heavy atom. The van der Waals surface area contributed by atoms with Crippen LogP contribution in [0, 0.1) is 5.82 Å². The Bertz CT molecular complexity index is 1250. The second-order valence-electron chi connectivity index (χ2n) is 9.02. The van der Waals surface area contributed by atoms with Crippen molar-refractivity contribution < 1.29 is 12.8 Å². The van der Waals surface area contributed by atoms with E-state index >= 15 is 0 Å². The van der Waals surface area contributed by atoms with Gasteiger partial charge in [0, 0.05) is 49.0 Å². The van der Waals surface area contributed by atoms with Gasteiger partial charge in [-0.15, -0.1) is 0 Å². The summed E-state index contributed by atoms with van der Waals surface area (Å²) in [6.45, 7) is 0.991. The molecule has 198 valence electrons. The Labute approximate surface area is 222 Å². The highest BCUT2D eigenvalue weighted by Crippen LogP contribution is 2.28. The summed E-state index contributed by atoms with van der Waals surface area (Å²) in [4.78, 5) is 8.90. The SMILES string of the molecule is CSCCN[C@H]1CC[C@H](N(C)S(=O)(=O)c2ccc(Nc3nccc(Nc4ccc(F)cc4)n3)cc2)CC1. The number of nitrogens with one attached hydrogen (secondary N) is 3. The number of benzene rings is 2. The van der Waals surface area contributed by atoms with Crippen LogP contribution < -0.4 is 16.0 Å². The van der Waals surface area contributed by atoms with E-state index < -0.39 is 10.0 Å². The molecule has 0 saturated heterocycles. The van der Waals surface area contributed by atoms with Gasteiger partial charge in [0.05, 0.1) is 4.90 Å². The van der Waals surface area contributed by atoms with Crippen LogP contribution in [0.1, 0.15) is 25.7 Å². The Kier molecular flexibility index (Phi) is 9.36. The van der Waals surface area contributed by atoms with Gasteiger partial charge >= 0.3 is 0 Å². The van der Waals surface area contributed by atoms with Gasteiger partial charge in [-0.3, -0.25) is 0 Å². The van der Waals surface area contributed by atoms with Crippen LogP contribution in [0.3, 0.4) is 0 Å². The number of hydrogen-bond donors (Lipinski definition) is 3. The zero-order chi connectivity index (χ0) is 26.3. The molecule has 4 rings (SSSR count). The van der Waals surface area contributed by atoms with E-state index in [1.54, 1.807) is 55.7 Å². The number of thioether (sulfide) groups is 1. The Morgan fingerprint density at radius 2 is 1.62 bits per heavy atom. The fraction of sp³-hybridized carbons (Fsp3) is 0.385. The zero-order valence-electron chi connectivity index (χ0n) is 21.0. The molecule has 0 bridgehead atoms. The molecular weight excluding hydrogens is 511 g/mol. The highest BCUT2D eigenvalue weighted by molar-refractivity contribution is 7.98. The van der Waals surface area contributed by atoms with Gasteiger partial charge < -0.3 is 16.0 Å². The fourth-order valence-corrected chi connectivity index (χ4v) is 6.12. The van der Waals surface area contributed by atoms with E-state index in [9.17, 15) is 12.8 Å². The third kappa shape index (κ3) is 7.41. The first kappa shape index (κ1) is 27.3. The molecule has 2 aromatic carbocycles. The van der Waals surface area contributed by atoms with Crippen molar-refractivity contribution in [3.8, 4) is 0 Å². The average Bonchev–Trinajstić information content (AvgIpc) is 2.91. The van der Waals surface area contributed by atoms with E-state index in [-0.39, 0.29) is 16.8 Å². The van der Waals surface area contributed by atoms with Gasteiger partial charge in [-0.1, -0.05) is 0 Å². The van der Waals surface area contributed by atoms with Gasteiger partial charge in [-0.2, -0.15) is 21.1 Å². The summed E-state index contributed by atoms with van der Waals surface area (Å²) in [6, 6.07) is 14.8. The van der Waals surface area contributed by atoms with Gasteiger partial charge in [0.1, 0.15) is 11.6 Å². The number of anilines is 4. The zero-order valence-corrected chi connectivity index (χ0v) is 22.7. The van der Waals surface area contributed by atoms with Crippen LogP contribution in [0.4, 0.5) is 27.5 Å². The molecule has 1 saturated carbocycles. The molecule has 3 N–H and O–H groups in total. The normalized spacial score (nSPS) is 18.1. The largest absolute Gasteiger partial charge is 0.340 e. The smallest absolute Gasteiger partial charge is 0.243 e. The molecule has 1 aliphatic rings. The van der Waals surface area contributed by atoms with E-state index in [1.165, 1.54) is 16.4 Å². The number of hydrogen-bond acceptors (Lipinski definition) is 8. The van der Waals surface area contributed by atoms with Crippen LogP contribution in [0.5, 0.6) is 0 Å². The van der Waals surface area contributed by atoms with Crippen molar-refractivity contribution >= 4 is 44.9 Å².